The molecule has 0 aliphatic carbocycles. The van der Waals surface area contributed by atoms with Crippen LogP contribution in [0.25, 0.3) is 0 Å². The van der Waals surface area contributed by atoms with Gasteiger partial charge in [0.25, 0.3) is 0 Å². The average Bonchev–Trinajstić information content (AvgIpc) is 2.08. The first-order valence-corrected chi connectivity index (χ1v) is 5.27. The van der Waals surface area contributed by atoms with Crippen molar-refractivity contribution in [1.82, 2.24) is 4.90 Å². The zero-order valence-electron chi connectivity index (χ0n) is 9.01. The molecule has 1 heterocycles. The van der Waals surface area contributed by atoms with E-state index >= 15 is 0 Å². The van der Waals surface area contributed by atoms with Crippen molar-refractivity contribution in [2.75, 3.05) is 13.1 Å². The van der Waals surface area contributed by atoms with E-state index in [1.54, 1.807) is 0 Å². The SMILES string of the molecule is CCCN1CCCC(C#N)C1(C)C. The second-order valence-electron chi connectivity index (χ2n) is 4.46. The largest absolute Gasteiger partial charge is 0.297 e. The van der Waals surface area contributed by atoms with Crippen molar-refractivity contribution in [3.05, 3.63) is 0 Å². The van der Waals surface area contributed by atoms with Gasteiger partial charge in [-0.3, -0.25) is 4.90 Å². The minimum Gasteiger partial charge on any atom is -0.297 e. The number of likely N-dealkylation sites (tertiary alicyclic amines) is 1. The average molecular weight is 180 g/mol. The predicted molar refractivity (Wildman–Crippen MR) is 54.3 cm³/mol. The molecule has 0 N–H and O–H groups in total. The summed E-state index contributed by atoms with van der Waals surface area (Å²) in [6, 6.07) is 2.44. The van der Waals surface area contributed by atoms with Crippen LogP contribution in [0.5, 0.6) is 0 Å². The molecule has 0 aromatic heterocycles. The number of piperidine rings is 1. The highest BCUT2D eigenvalue weighted by Crippen LogP contribution is 2.32. The maximum Gasteiger partial charge on any atom is 0.0675 e. The minimum atomic E-state index is 0.0863. The van der Waals surface area contributed by atoms with Gasteiger partial charge in [0.15, 0.2) is 0 Å². The first kappa shape index (κ1) is 10.5. The van der Waals surface area contributed by atoms with Gasteiger partial charge in [0, 0.05) is 5.54 Å². The van der Waals surface area contributed by atoms with E-state index in [0.717, 1.165) is 13.0 Å². The Bertz CT molecular complexity index is 201. The predicted octanol–water partition coefficient (Wildman–Crippen LogP) is 2.41. The molecule has 1 aliphatic rings. The Kier molecular flexibility index (Phi) is 3.33. The molecule has 2 nitrogen and oxygen atoms in total. The molecule has 74 valence electrons. The number of hydrogen-bond acceptors (Lipinski definition) is 2. The zero-order chi connectivity index (χ0) is 9.90. The van der Waals surface area contributed by atoms with Crippen LogP contribution in [0.1, 0.15) is 40.0 Å². The third-order valence-corrected chi connectivity index (χ3v) is 3.24. The van der Waals surface area contributed by atoms with Crippen molar-refractivity contribution < 1.29 is 0 Å². The van der Waals surface area contributed by atoms with Crippen molar-refractivity contribution in [2.24, 2.45) is 5.92 Å². The fourth-order valence-electron chi connectivity index (χ4n) is 2.24. The second kappa shape index (κ2) is 4.11. The molecule has 0 aromatic carbocycles. The van der Waals surface area contributed by atoms with Crippen LogP contribution in [0.4, 0.5) is 0 Å². The molecule has 0 bridgehead atoms. The van der Waals surface area contributed by atoms with Crippen LogP contribution in [0.2, 0.25) is 0 Å². The lowest BCUT2D eigenvalue weighted by molar-refractivity contribution is 0.0456. The Hall–Kier alpha value is -0.550. The van der Waals surface area contributed by atoms with Crippen LogP contribution >= 0.6 is 0 Å². The standard InChI is InChI=1S/C11H20N2/c1-4-7-13-8-5-6-10(9-12)11(13,2)3/h10H,4-8H2,1-3H3. The number of nitrogens with zero attached hydrogens (tertiary/aromatic N) is 2. The summed E-state index contributed by atoms with van der Waals surface area (Å²) in [4.78, 5) is 2.46. The van der Waals surface area contributed by atoms with Crippen LogP contribution in [-0.2, 0) is 0 Å². The van der Waals surface area contributed by atoms with Crippen LogP contribution in [0.15, 0.2) is 0 Å². The topological polar surface area (TPSA) is 27.0 Å². The Labute approximate surface area is 81.5 Å². The van der Waals surface area contributed by atoms with E-state index in [9.17, 15) is 0 Å². The summed E-state index contributed by atoms with van der Waals surface area (Å²) in [5.74, 6) is 0.216. The first-order chi connectivity index (χ1) is 6.12. The highest BCUT2D eigenvalue weighted by Gasteiger charge is 2.37. The molecule has 1 fully saturated rings. The molecule has 2 heteroatoms. The number of nitriles is 1. The van der Waals surface area contributed by atoms with E-state index in [4.69, 9.17) is 5.26 Å². The fraction of sp³-hybridized carbons (Fsp3) is 0.909. The van der Waals surface area contributed by atoms with Gasteiger partial charge < -0.3 is 0 Å². The van der Waals surface area contributed by atoms with Gasteiger partial charge in [-0.15, -0.1) is 0 Å². The first-order valence-electron chi connectivity index (χ1n) is 5.27. The van der Waals surface area contributed by atoms with Crippen LogP contribution in [0, 0.1) is 17.2 Å². The molecule has 1 aliphatic heterocycles. The van der Waals surface area contributed by atoms with Gasteiger partial charge >= 0.3 is 0 Å². The Morgan fingerprint density at radius 2 is 2.23 bits per heavy atom. The van der Waals surface area contributed by atoms with Crippen LogP contribution in [-0.4, -0.2) is 23.5 Å². The van der Waals surface area contributed by atoms with Gasteiger partial charge in [-0.2, -0.15) is 5.26 Å². The van der Waals surface area contributed by atoms with E-state index in [1.807, 2.05) is 0 Å². The molecule has 13 heavy (non-hydrogen) atoms. The van der Waals surface area contributed by atoms with E-state index < -0.39 is 0 Å². The third-order valence-electron chi connectivity index (χ3n) is 3.24. The Morgan fingerprint density at radius 1 is 1.54 bits per heavy atom. The smallest absolute Gasteiger partial charge is 0.0675 e. The maximum absolute atomic E-state index is 9.04. The molecule has 0 saturated carbocycles. The van der Waals surface area contributed by atoms with E-state index in [0.29, 0.717) is 0 Å². The van der Waals surface area contributed by atoms with Crippen molar-refractivity contribution in [1.29, 1.82) is 5.26 Å². The summed E-state index contributed by atoms with van der Waals surface area (Å²) < 4.78 is 0. The van der Waals surface area contributed by atoms with E-state index in [2.05, 4.69) is 31.7 Å². The minimum absolute atomic E-state index is 0.0863. The summed E-state index contributed by atoms with van der Waals surface area (Å²) in [6.45, 7) is 8.90. The van der Waals surface area contributed by atoms with Gasteiger partial charge in [-0.25, -0.2) is 0 Å². The number of rotatable bonds is 2. The monoisotopic (exact) mass is 180 g/mol. The van der Waals surface area contributed by atoms with Crippen LogP contribution < -0.4 is 0 Å². The molecule has 1 rings (SSSR count). The second-order valence-corrected chi connectivity index (χ2v) is 4.46. The van der Waals surface area contributed by atoms with Crippen molar-refractivity contribution in [2.45, 2.75) is 45.6 Å². The van der Waals surface area contributed by atoms with Gasteiger partial charge in [-0.05, 0) is 46.2 Å². The normalized spacial score (nSPS) is 28.3. The zero-order valence-corrected chi connectivity index (χ0v) is 9.01. The van der Waals surface area contributed by atoms with Gasteiger partial charge in [0.2, 0.25) is 0 Å². The summed E-state index contributed by atoms with van der Waals surface area (Å²) in [5, 5.41) is 9.04. The molecular weight excluding hydrogens is 160 g/mol. The molecule has 0 spiro atoms. The summed E-state index contributed by atoms with van der Waals surface area (Å²) in [7, 11) is 0. The van der Waals surface area contributed by atoms with Crippen molar-refractivity contribution in [3.63, 3.8) is 0 Å². The third kappa shape index (κ3) is 2.03. The quantitative estimate of drug-likeness (QED) is 0.652. The summed E-state index contributed by atoms with van der Waals surface area (Å²) >= 11 is 0. The fourth-order valence-corrected chi connectivity index (χ4v) is 2.24. The molecule has 1 atom stereocenters. The summed E-state index contributed by atoms with van der Waals surface area (Å²) in [6.07, 6.45) is 3.44. The molecule has 0 amide bonds. The van der Waals surface area contributed by atoms with E-state index in [-0.39, 0.29) is 11.5 Å². The van der Waals surface area contributed by atoms with Crippen LogP contribution in [0.3, 0.4) is 0 Å². The van der Waals surface area contributed by atoms with Gasteiger partial charge in [0.1, 0.15) is 0 Å². The highest BCUT2D eigenvalue weighted by atomic mass is 15.2. The van der Waals surface area contributed by atoms with Crippen molar-refractivity contribution in [3.8, 4) is 6.07 Å². The van der Waals surface area contributed by atoms with Gasteiger partial charge in [-0.1, -0.05) is 6.92 Å². The Morgan fingerprint density at radius 3 is 2.77 bits per heavy atom. The van der Waals surface area contributed by atoms with Crippen molar-refractivity contribution >= 4 is 0 Å². The molecule has 1 unspecified atom stereocenters. The molecule has 0 radical (unpaired) electrons. The lowest BCUT2D eigenvalue weighted by Crippen LogP contribution is -2.52. The lowest BCUT2D eigenvalue weighted by atomic mass is 9.80. The molecule has 1 saturated heterocycles. The molecule has 0 aromatic rings. The summed E-state index contributed by atoms with van der Waals surface area (Å²) in [5.41, 5.74) is 0.0863. The maximum atomic E-state index is 9.04. The lowest BCUT2D eigenvalue weighted by Gasteiger charge is -2.45. The molecular formula is C11H20N2. The highest BCUT2D eigenvalue weighted by molar-refractivity contribution is 5.02. The van der Waals surface area contributed by atoms with Gasteiger partial charge in [0.05, 0.1) is 12.0 Å². The number of hydrogen-bond donors (Lipinski definition) is 0. The Balaban J connectivity index is 2.70. The van der Waals surface area contributed by atoms with E-state index in [1.165, 1.54) is 19.4 Å².